The van der Waals surface area contributed by atoms with Crippen molar-refractivity contribution in [3.05, 3.63) is 17.2 Å². The Labute approximate surface area is 139 Å². The van der Waals surface area contributed by atoms with Crippen molar-refractivity contribution in [3.63, 3.8) is 0 Å². The number of nitrogens with zero attached hydrogens (tertiary/aromatic N) is 1. The standard InChI is InChI=1S/C13H17ClN2O6S/c1-20-10-5-8(14)12(6-11(10)21-2)23(18,19)16-3-4-22-7-9(16)13(15)17/h5-6,9H,3-4,7H2,1-2H3,(H2,15,17). The van der Waals surface area contributed by atoms with Crippen LogP contribution in [-0.2, 0) is 19.6 Å². The van der Waals surface area contributed by atoms with Crippen LogP contribution in [0.3, 0.4) is 0 Å². The van der Waals surface area contributed by atoms with E-state index in [2.05, 4.69) is 0 Å². The Morgan fingerprint density at radius 2 is 1.96 bits per heavy atom. The van der Waals surface area contributed by atoms with E-state index in [9.17, 15) is 13.2 Å². The van der Waals surface area contributed by atoms with E-state index in [4.69, 9.17) is 31.5 Å². The van der Waals surface area contributed by atoms with Gasteiger partial charge in [-0.05, 0) is 0 Å². The molecule has 0 bridgehead atoms. The molecule has 2 rings (SSSR count). The first kappa shape index (κ1) is 17.8. The summed E-state index contributed by atoms with van der Waals surface area (Å²) in [6.45, 7) is 0.0635. The first-order valence-corrected chi connectivity index (χ1v) is 8.45. The zero-order chi connectivity index (χ0) is 17.2. The number of carbonyl (C=O) groups is 1. The number of sulfonamides is 1. The molecular weight excluding hydrogens is 348 g/mol. The third kappa shape index (κ3) is 3.37. The third-order valence-electron chi connectivity index (χ3n) is 3.43. The van der Waals surface area contributed by atoms with Gasteiger partial charge in [0.05, 0.1) is 32.5 Å². The number of primary amides is 1. The van der Waals surface area contributed by atoms with Gasteiger partial charge in [-0.3, -0.25) is 4.79 Å². The minimum atomic E-state index is -4.06. The van der Waals surface area contributed by atoms with Crippen molar-refractivity contribution in [2.24, 2.45) is 5.73 Å². The summed E-state index contributed by atoms with van der Waals surface area (Å²) in [4.78, 5) is 11.3. The number of nitrogens with two attached hydrogens (primary N) is 1. The zero-order valence-corrected chi connectivity index (χ0v) is 14.2. The number of halogens is 1. The number of amides is 1. The van der Waals surface area contributed by atoms with Crippen molar-refractivity contribution in [1.29, 1.82) is 0 Å². The van der Waals surface area contributed by atoms with E-state index in [1.54, 1.807) is 0 Å². The molecule has 0 aromatic heterocycles. The molecule has 1 unspecified atom stereocenters. The molecule has 1 aromatic carbocycles. The lowest BCUT2D eigenvalue weighted by atomic mass is 10.3. The van der Waals surface area contributed by atoms with Crippen molar-refractivity contribution in [1.82, 2.24) is 4.31 Å². The third-order valence-corrected chi connectivity index (χ3v) is 5.81. The number of ether oxygens (including phenoxy) is 3. The molecule has 1 aromatic rings. The Kier molecular flexibility index (Phi) is 5.35. The van der Waals surface area contributed by atoms with E-state index in [1.807, 2.05) is 0 Å². The lowest BCUT2D eigenvalue weighted by molar-refractivity contribution is -0.125. The Morgan fingerprint density at radius 1 is 1.35 bits per heavy atom. The minimum Gasteiger partial charge on any atom is -0.493 e. The second kappa shape index (κ2) is 6.91. The number of carbonyl (C=O) groups excluding carboxylic acids is 1. The molecule has 1 amide bonds. The van der Waals surface area contributed by atoms with E-state index in [0.29, 0.717) is 5.75 Å². The first-order chi connectivity index (χ1) is 10.8. The Bertz CT molecular complexity index is 709. The van der Waals surface area contributed by atoms with Crippen LogP contribution < -0.4 is 15.2 Å². The summed E-state index contributed by atoms with van der Waals surface area (Å²) in [5.74, 6) is -0.283. The van der Waals surface area contributed by atoms with Crippen LogP contribution >= 0.6 is 11.6 Å². The number of hydrogen-bond donors (Lipinski definition) is 1. The molecule has 0 spiro atoms. The molecule has 0 saturated carbocycles. The van der Waals surface area contributed by atoms with Crippen LogP contribution in [-0.4, -0.2) is 58.7 Å². The molecule has 1 heterocycles. The second-order valence-corrected chi connectivity index (χ2v) is 7.01. The summed E-state index contributed by atoms with van der Waals surface area (Å²) in [6.07, 6.45) is 0. The fourth-order valence-corrected chi connectivity index (χ4v) is 4.33. The topological polar surface area (TPSA) is 108 Å². The fraction of sp³-hybridized carbons (Fsp3) is 0.462. The largest absolute Gasteiger partial charge is 0.493 e. The lowest BCUT2D eigenvalue weighted by Gasteiger charge is -2.32. The second-order valence-electron chi connectivity index (χ2n) is 4.75. The van der Waals surface area contributed by atoms with Gasteiger partial charge in [0.2, 0.25) is 15.9 Å². The molecule has 1 aliphatic rings. The van der Waals surface area contributed by atoms with E-state index in [1.165, 1.54) is 26.4 Å². The summed E-state index contributed by atoms with van der Waals surface area (Å²) in [6, 6.07) is 1.51. The molecule has 1 aliphatic heterocycles. The van der Waals surface area contributed by atoms with Crippen LogP contribution in [0.2, 0.25) is 5.02 Å². The number of rotatable bonds is 5. The van der Waals surface area contributed by atoms with Crippen LogP contribution in [0.5, 0.6) is 11.5 Å². The highest BCUT2D eigenvalue weighted by molar-refractivity contribution is 7.89. The maximum absolute atomic E-state index is 12.9. The van der Waals surface area contributed by atoms with Crippen molar-refractivity contribution in [2.75, 3.05) is 34.0 Å². The Morgan fingerprint density at radius 3 is 2.52 bits per heavy atom. The summed E-state index contributed by atoms with van der Waals surface area (Å²) in [5.41, 5.74) is 5.27. The first-order valence-electron chi connectivity index (χ1n) is 6.63. The molecule has 1 fully saturated rings. The van der Waals surface area contributed by atoms with Crippen LogP contribution in [0.1, 0.15) is 0 Å². The average molecular weight is 365 g/mol. The van der Waals surface area contributed by atoms with Crippen LogP contribution in [0, 0.1) is 0 Å². The highest BCUT2D eigenvalue weighted by atomic mass is 35.5. The number of methoxy groups -OCH3 is 2. The molecular formula is C13H17ClN2O6S. The summed E-state index contributed by atoms with van der Waals surface area (Å²) in [7, 11) is -1.27. The van der Waals surface area contributed by atoms with Crippen LogP contribution in [0.4, 0.5) is 0 Å². The van der Waals surface area contributed by atoms with E-state index < -0.39 is 22.0 Å². The highest BCUT2D eigenvalue weighted by Gasteiger charge is 2.38. The molecule has 8 nitrogen and oxygen atoms in total. The molecule has 128 valence electrons. The number of benzene rings is 1. The van der Waals surface area contributed by atoms with Gasteiger partial charge < -0.3 is 19.9 Å². The van der Waals surface area contributed by atoms with Gasteiger partial charge in [-0.25, -0.2) is 8.42 Å². The Balaban J connectivity index is 2.52. The van der Waals surface area contributed by atoms with Gasteiger partial charge in [0.1, 0.15) is 10.9 Å². The zero-order valence-electron chi connectivity index (χ0n) is 12.6. The summed E-state index contributed by atoms with van der Waals surface area (Å²) in [5, 5.41) is -0.0441. The average Bonchev–Trinajstić information content (AvgIpc) is 2.54. The summed E-state index contributed by atoms with van der Waals surface area (Å²) >= 11 is 6.08. The molecule has 23 heavy (non-hydrogen) atoms. The van der Waals surface area contributed by atoms with Crippen LogP contribution in [0.15, 0.2) is 17.0 Å². The molecule has 10 heteroatoms. The van der Waals surface area contributed by atoms with Gasteiger partial charge >= 0.3 is 0 Å². The van der Waals surface area contributed by atoms with Crippen molar-refractivity contribution < 1.29 is 27.4 Å². The van der Waals surface area contributed by atoms with Crippen molar-refractivity contribution in [3.8, 4) is 11.5 Å². The normalized spacial score (nSPS) is 19.3. The smallest absolute Gasteiger partial charge is 0.245 e. The highest BCUT2D eigenvalue weighted by Crippen LogP contribution is 2.37. The van der Waals surface area contributed by atoms with Crippen molar-refractivity contribution in [2.45, 2.75) is 10.9 Å². The van der Waals surface area contributed by atoms with Crippen molar-refractivity contribution >= 4 is 27.5 Å². The van der Waals surface area contributed by atoms with Gasteiger partial charge in [0.25, 0.3) is 0 Å². The molecule has 0 radical (unpaired) electrons. The maximum atomic E-state index is 12.9. The van der Waals surface area contributed by atoms with E-state index in [-0.39, 0.29) is 35.4 Å². The van der Waals surface area contributed by atoms with E-state index in [0.717, 1.165) is 4.31 Å². The predicted octanol–water partition coefficient (Wildman–Crippen LogP) is 0.232. The molecule has 1 atom stereocenters. The lowest BCUT2D eigenvalue weighted by Crippen LogP contribution is -2.54. The molecule has 0 aliphatic carbocycles. The van der Waals surface area contributed by atoms with Crippen LogP contribution in [0.25, 0.3) is 0 Å². The monoisotopic (exact) mass is 364 g/mol. The van der Waals surface area contributed by atoms with Gasteiger partial charge in [0, 0.05) is 18.7 Å². The number of morpholine rings is 1. The fourth-order valence-electron chi connectivity index (χ4n) is 2.26. The predicted molar refractivity (Wildman–Crippen MR) is 82.2 cm³/mol. The molecule has 2 N–H and O–H groups in total. The van der Waals surface area contributed by atoms with Gasteiger partial charge in [0.15, 0.2) is 11.5 Å². The van der Waals surface area contributed by atoms with Gasteiger partial charge in [-0.15, -0.1) is 0 Å². The quantitative estimate of drug-likeness (QED) is 0.801. The Hall–Kier alpha value is -1.55. The summed E-state index contributed by atoms with van der Waals surface area (Å²) < 4.78 is 42.1. The maximum Gasteiger partial charge on any atom is 0.245 e. The number of hydrogen-bond acceptors (Lipinski definition) is 6. The molecule has 1 saturated heterocycles. The van der Waals surface area contributed by atoms with Gasteiger partial charge in [-0.2, -0.15) is 4.31 Å². The van der Waals surface area contributed by atoms with Gasteiger partial charge in [-0.1, -0.05) is 11.6 Å². The SMILES string of the molecule is COc1cc(Cl)c(S(=O)(=O)N2CCOCC2C(N)=O)cc1OC. The van der Waals surface area contributed by atoms with E-state index >= 15 is 0 Å². The minimum absolute atomic E-state index is 0.000609.